The Morgan fingerprint density at radius 3 is 0.986 bits per heavy atom. The van der Waals surface area contributed by atoms with E-state index in [0.29, 0.717) is 25.7 Å². The number of nitrogens with zero attached hydrogens (tertiary/aromatic N) is 4. The van der Waals surface area contributed by atoms with Gasteiger partial charge in [-0.1, -0.05) is 148 Å². The number of allylic oxidation sites excluding steroid dienone is 2. The molecule has 0 aliphatic carbocycles. The quantitative estimate of drug-likeness (QED) is 0.0674. The summed E-state index contributed by atoms with van der Waals surface area (Å²) >= 11 is 0. The maximum Gasteiger partial charge on any atom is 0.332 e. The van der Waals surface area contributed by atoms with Gasteiger partial charge in [-0.2, -0.15) is 5.10 Å². The maximum atomic E-state index is 12.8. The third kappa shape index (κ3) is 36.5. The molecule has 3 radical (unpaired) electrons. The van der Waals surface area contributed by atoms with Crippen LogP contribution in [-0.4, -0.2) is 137 Å². The number of aliphatic hydroxyl groups is 3. The molecule has 73 heavy (non-hydrogen) atoms. The van der Waals surface area contributed by atoms with Crippen molar-refractivity contribution < 1.29 is 167 Å². The molecular weight excluding hydrogens is 1560 g/mol. The molecule has 6 N–H and O–H groups in total. The van der Waals surface area contributed by atoms with Crippen molar-refractivity contribution in [2.75, 3.05) is 40.8 Å². The number of amides is 2. The van der Waals surface area contributed by atoms with Gasteiger partial charge < -0.3 is 21.1 Å². The topological polar surface area (TPSA) is 189 Å². The Bertz CT molecular complexity index is 1400. The number of rotatable bonds is 13. The number of hydrogen-bond acceptors (Lipinski definition) is 11. The van der Waals surface area contributed by atoms with Crippen molar-refractivity contribution in [2.45, 2.75) is 250 Å². The fraction of sp³-hybridized carbons (Fsp3) is 0.842. The van der Waals surface area contributed by atoms with E-state index in [9.17, 15) is 34.5 Å². The second-order valence-electron chi connectivity index (χ2n) is 21.4. The van der Waals surface area contributed by atoms with Crippen LogP contribution in [0.15, 0.2) is 30.4 Å². The van der Waals surface area contributed by atoms with Crippen molar-refractivity contribution in [3.05, 3.63) is 25.3 Å². The van der Waals surface area contributed by atoms with Crippen LogP contribution in [0.4, 0.5) is 4.79 Å². The van der Waals surface area contributed by atoms with E-state index in [4.69, 9.17) is 5.73 Å². The molecule has 0 aromatic heterocycles. The van der Waals surface area contributed by atoms with E-state index in [2.05, 4.69) is 33.5 Å². The van der Waals surface area contributed by atoms with Gasteiger partial charge >= 0.3 is 6.03 Å². The van der Waals surface area contributed by atoms with Crippen LogP contribution in [0.2, 0.25) is 0 Å². The van der Waals surface area contributed by atoms with Crippen LogP contribution in [0, 0.1) is 150 Å². The van der Waals surface area contributed by atoms with E-state index in [1.807, 2.05) is 59.0 Å². The molecule has 3 heterocycles. The first-order chi connectivity index (χ1) is 33.6. The zero-order chi connectivity index (χ0) is 52.1. The minimum Gasteiger partial charge on any atom is -0.391 e. The smallest absolute Gasteiger partial charge is 0.332 e. The van der Waals surface area contributed by atoms with Crippen LogP contribution in [0.3, 0.4) is 0 Å². The van der Waals surface area contributed by atoms with Gasteiger partial charge in [0.25, 0.3) is 0 Å². The number of Topliss-reactive ketones (excluding diaryl/α,β-unsaturated/α-hetero) is 3. The molecule has 415 valence electrons. The fourth-order valence-corrected chi connectivity index (χ4v) is 10.3. The summed E-state index contributed by atoms with van der Waals surface area (Å²) < 4.78 is 0. The van der Waals surface area contributed by atoms with Gasteiger partial charge in [0, 0.05) is 158 Å². The SMILES string of the molecule is C=CC[C@@H](C)C(O)[C@H]1C(=O)CCCCCCCCCCN1C.C=CC[C@@H](C)C(O)[C@H]1C(=O)CCCCCCCCCCN1C.C[C@H](C/C=N/NC(N)=O)C(O)[C@H]1C(=O)CCCCCCCCCCN1C.[Ac].[Ac].[Ac]. The summed E-state index contributed by atoms with van der Waals surface area (Å²) in [5, 5.41) is 35.9. The number of carbonyl (C=O) groups excluding carboxylic acids is 4. The van der Waals surface area contributed by atoms with Gasteiger partial charge in [0.2, 0.25) is 0 Å². The molecular formula is C57H106Ac3N6O7. The van der Waals surface area contributed by atoms with Crippen LogP contribution < -0.4 is 11.2 Å². The first-order valence-electron chi connectivity index (χ1n) is 28.1. The van der Waals surface area contributed by atoms with Gasteiger partial charge in [-0.3, -0.25) is 29.1 Å². The van der Waals surface area contributed by atoms with E-state index in [0.717, 1.165) is 90.3 Å². The number of primary amides is 1. The zero-order valence-electron chi connectivity index (χ0n) is 47.2. The molecule has 3 aliphatic heterocycles. The van der Waals surface area contributed by atoms with E-state index in [1.165, 1.54) is 103 Å². The molecule has 0 saturated carbocycles. The first kappa shape index (κ1) is 78.7. The molecule has 0 spiro atoms. The van der Waals surface area contributed by atoms with E-state index in [-0.39, 0.29) is 179 Å². The van der Waals surface area contributed by atoms with Crippen molar-refractivity contribution >= 4 is 29.6 Å². The molecule has 9 atom stereocenters. The Morgan fingerprint density at radius 1 is 0.507 bits per heavy atom. The monoisotopic (exact) mass is 1670 g/mol. The Balaban J connectivity index is -0.000000991. The molecule has 13 nitrogen and oxygen atoms in total. The molecule has 3 fully saturated rings. The van der Waals surface area contributed by atoms with Gasteiger partial charge in [-0.25, -0.2) is 10.2 Å². The average Bonchev–Trinajstić information content (AvgIpc) is 3.35. The normalized spacial score (nSPS) is 24.5. The molecule has 3 rings (SSSR count). The Morgan fingerprint density at radius 2 is 0.740 bits per heavy atom. The number of aliphatic hydroxyl groups excluding tert-OH is 3. The third-order valence-electron chi connectivity index (χ3n) is 15.0. The van der Waals surface area contributed by atoms with Crippen LogP contribution >= 0.6 is 0 Å². The number of nitrogens with two attached hydrogens (primary N) is 1. The summed E-state index contributed by atoms with van der Waals surface area (Å²) in [5.74, 6) is 0.545. The van der Waals surface area contributed by atoms with Gasteiger partial charge in [-0.15, -0.1) is 13.2 Å². The van der Waals surface area contributed by atoms with Crippen molar-refractivity contribution in [3.8, 4) is 0 Å². The molecule has 3 unspecified atom stereocenters. The molecule has 0 aromatic carbocycles. The van der Waals surface area contributed by atoms with E-state index in [1.54, 1.807) is 0 Å². The van der Waals surface area contributed by atoms with Gasteiger partial charge in [0.1, 0.15) is 0 Å². The Labute approximate surface area is 553 Å². The third-order valence-corrected chi connectivity index (χ3v) is 15.0. The van der Waals surface area contributed by atoms with Crippen molar-refractivity contribution in [2.24, 2.45) is 28.6 Å². The molecule has 2 amide bonds. The number of urea groups is 1. The fourth-order valence-electron chi connectivity index (χ4n) is 10.3. The summed E-state index contributed by atoms with van der Waals surface area (Å²) in [5.41, 5.74) is 7.09. The second kappa shape index (κ2) is 50.5. The van der Waals surface area contributed by atoms with Gasteiger partial charge in [0.15, 0.2) is 17.3 Å². The molecule has 0 aromatic rings. The van der Waals surface area contributed by atoms with Crippen molar-refractivity contribution in [1.29, 1.82) is 0 Å². The number of likely N-dealkylation sites (N-methyl/N-ethyl adjacent to an activating group) is 3. The minimum absolute atomic E-state index is 0. The van der Waals surface area contributed by atoms with Crippen molar-refractivity contribution in [1.82, 2.24) is 20.1 Å². The molecule has 3 saturated heterocycles. The van der Waals surface area contributed by atoms with Crippen LogP contribution in [0.1, 0.15) is 213 Å². The van der Waals surface area contributed by atoms with E-state index >= 15 is 0 Å². The number of nitrogens with one attached hydrogen (secondary N) is 1. The van der Waals surface area contributed by atoms with Gasteiger partial charge in [0.05, 0.1) is 36.4 Å². The number of ketones is 3. The summed E-state index contributed by atoms with van der Waals surface area (Å²) in [6.07, 6.45) is 35.3. The summed E-state index contributed by atoms with van der Waals surface area (Å²) in [6, 6.07) is -1.91. The second-order valence-corrected chi connectivity index (χ2v) is 21.4. The number of hydrogen-bond donors (Lipinski definition) is 5. The number of hydrazone groups is 1. The average molecular weight is 1670 g/mol. The largest absolute Gasteiger partial charge is 0.391 e. The Kier molecular flexibility index (Phi) is 54.4. The summed E-state index contributed by atoms with van der Waals surface area (Å²) in [6.45, 7) is 16.0. The van der Waals surface area contributed by atoms with Crippen LogP contribution in [0.5, 0.6) is 0 Å². The minimum atomic E-state index is -0.766. The predicted octanol–water partition coefficient (Wildman–Crippen LogP) is 10.3. The van der Waals surface area contributed by atoms with Crippen molar-refractivity contribution in [3.63, 3.8) is 0 Å². The van der Waals surface area contributed by atoms with Gasteiger partial charge in [-0.05, 0) is 116 Å². The molecule has 16 heteroatoms. The predicted molar refractivity (Wildman–Crippen MR) is 290 cm³/mol. The first-order valence-corrected chi connectivity index (χ1v) is 28.1. The maximum absolute atomic E-state index is 12.8. The standard InChI is InChI=1S/C19H36N4O3.2C19H35NO2.3Ac/c1-15(12-13-21-22-19(20)26)18(25)17-16(24)11-9-7-5-3-4-6-8-10-14-23(17)2;2*1-4-13-16(2)19(22)18-17(21)14-11-9-7-5-6-8-10-12-15-20(18)3;;;/h13,15,17-18,25H,3-12,14H2,1-2H3,(H3,20,22,26);2*4,16,18-19,22H,1,5-15H2,2-3H3;;;/b21-13+;;;;;/t15-,17-,18?;2*16-,18-,19?;;;/m111.../s1. The summed E-state index contributed by atoms with van der Waals surface area (Å²) in [4.78, 5) is 54.9. The molecule has 0 bridgehead atoms. The van der Waals surface area contributed by atoms with E-state index < -0.39 is 30.4 Å². The number of carbonyl (C=O) groups is 4. The zero-order valence-corrected chi connectivity index (χ0v) is 61.5. The Hall–Kier alpha value is 1.51. The van der Waals surface area contributed by atoms with Crippen LogP contribution in [-0.2, 0) is 14.4 Å². The molecule has 3 aliphatic rings. The summed E-state index contributed by atoms with van der Waals surface area (Å²) in [7, 11) is 5.92. The van der Waals surface area contributed by atoms with Crippen LogP contribution in [0.25, 0.3) is 0 Å².